The van der Waals surface area contributed by atoms with Crippen molar-refractivity contribution in [2.75, 3.05) is 19.4 Å². The van der Waals surface area contributed by atoms with Crippen molar-refractivity contribution in [2.45, 2.75) is 6.54 Å². The Morgan fingerprint density at radius 1 is 1.18 bits per heavy atom. The third-order valence-corrected chi connectivity index (χ3v) is 3.22. The first-order valence-electron chi connectivity index (χ1n) is 6.72. The molecule has 1 aromatic heterocycles. The van der Waals surface area contributed by atoms with Crippen molar-refractivity contribution in [3.8, 4) is 0 Å². The number of hydrogen-bond donors (Lipinski definition) is 1. The van der Waals surface area contributed by atoms with Crippen LogP contribution in [0.25, 0.3) is 0 Å². The topological polar surface area (TPSA) is 53.3 Å². The zero-order valence-corrected chi connectivity index (χ0v) is 13.2. The molecule has 0 aliphatic heterocycles. The Kier molecular flexibility index (Phi) is 5.12. The molecule has 2 amide bonds. The molecule has 0 bridgehead atoms. The molecule has 2 aromatic rings. The van der Waals surface area contributed by atoms with E-state index < -0.39 is 0 Å². The number of halogens is 1. The second-order valence-electron chi connectivity index (χ2n) is 5.02. The molecule has 1 N–H and O–H groups in total. The third-order valence-electron chi connectivity index (χ3n) is 2.97. The summed E-state index contributed by atoms with van der Waals surface area (Å²) in [6, 6.07) is 10.3. The summed E-state index contributed by atoms with van der Waals surface area (Å²) in [6.45, 7) is 0.122. The van der Waals surface area contributed by atoms with E-state index in [1.54, 1.807) is 67.5 Å². The van der Waals surface area contributed by atoms with Crippen LogP contribution in [0.15, 0.2) is 48.8 Å². The summed E-state index contributed by atoms with van der Waals surface area (Å²) in [5.41, 5.74) is 1.21. The Labute approximate surface area is 134 Å². The summed E-state index contributed by atoms with van der Waals surface area (Å²) in [6.07, 6.45) is 3.40. The number of rotatable bonds is 4. The highest BCUT2D eigenvalue weighted by Gasteiger charge is 2.15. The zero-order valence-electron chi connectivity index (χ0n) is 12.4. The van der Waals surface area contributed by atoms with Gasteiger partial charge in [0.1, 0.15) is 5.56 Å². The minimum absolute atomic E-state index is 0.104. The minimum atomic E-state index is -0.179. The Morgan fingerprint density at radius 2 is 1.86 bits per heavy atom. The van der Waals surface area contributed by atoms with Gasteiger partial charge >= 0.3 is 0 Å². The number of pyridine rings is 1. The number of aromatic nitrogens is 1. The van der Waals surface area contributed by atoms with E-state index in [2.05, 4.69) is 5.32 Å². The Morgan fingerprint density at radius 3 is 2.50 bits per heavy atom. The monoisotopic (exact) mass is 318 g/mol. The van der Waals surface area contributed by atoms with E-state index in [4.69, 9.17) is 11.6 Å². The lowest BCUT2D eigenvalue weighted by molar-refractivity contribution is -0.684. The number of nitrogens with one attached hydrogen (secondary N) is 1. The lowest BCUT2D eigenvalue weighted by atomic mass is 10.2. The average Bonchev–Trinajstić information content (AvgIpc) is 2.49. The van der Waals surface area contributed by atoms with Gasteiger partial charge in [0.15, 0.2) is 12.4 Å². The fourth-order valence-corrected chi connectivity index (χ4v) is 2.03. The second-order valence-corrected chi connectivity index (χ2v) is 5.46. The first-order chi connectivity index (χ1) is 10.5. The lowest BCUT2D eigenvalue weighted by Gasteiger charge is -2.09. The quantitative estimate of drug-likeness (QED) is 0.876. The maximum Gasteiger partial charge on any atom is 0.290 e. The lowest BCUT2D eigenvalue weighted by Crippen LogP contribution is -2.40. The van der Waals surface area contributed by atoms with E-state index in [1.165, 1.54) is 4.90 Å². The number of carbonyl (C=O) groups excluding carboxylic acids is 2. The summed E-state index contributed by atoms with van der Waals surface area (Å²) >= 11 is 5.80. The number of carbonyl (C=O) groups is 2. The summed E-state index contributed by atoms with van der Waals surface area (Å²) in [5, 5.41) is 3.39. The van der Waals surface area contributed by atoms with Gasteiger partial charge in [0.25, 0.3) is 11.8 Å². The van der Waals surface area contributed by atoms with Crippen LogP contribution < -0.4 is 9.88 Å². The molecule has 1 aromatic carbocycles. The minimum Gasteiger partial charge on any atom is -0.345 e. The Hall–Kier alpha value is -2.40. The number of anilines is 1. The normalized spacial score (nSPS) is 10.1. The van der Waals surface area contributed by atoms with Crippen LogP contribution in [-0.4, -0.2) is 30.8 Å². The van der Waals surface area contributed by atoms with E-state index in [0.717, 1.165) is 0 Å². The Balaban J connectivity index is 2.04. The fourth-order valence-electron chi connectivity index (χ4n) is 1.90. The Bertz CT molecular complexity index is 684. The highest BCUT2D eigenvalue weighted by Crippen LogP contribution is 2.13. The highest BCUT2D eigenvalue weighted by molar-refractivity contribution is 6.30. The SMILES string of the molecule is CN(C)C(=O)c1ccc[n+](CC(=O)Nc2ccc(Cl)cc2)c1. The molecule has 0 saturated carbocycles. The van der Waals surface area contributed by atoms with Gasteiger partial charge in [0.2, 0.25) is 6.54 Å². The van der Waals surface area contributed by atoms with Crippen molar-refractivity contribution in [3.63, 3.8) is 0 Å². The van der Waals surface area contributed by atoms with Crippen molar-refractivity contribution in [2.24, 2.45) is 0 Å². The maximum atomic E-state index is 12.0. The predicted molar refractivity (Wildman–Crippen MR) is 84.7 cm³/mol. The van der Waals surface area contributed by atoms with Crippen molar-refractivity contribution < 1.29 is 14.2 Å². The van der Waals surface area contributed by atoms with Crippen LogP contribution in [0.4, 0.5) is 5.69 Å². The molecule has 2 rings (SSSR count). The van der Waals surface area contributed by atoms with Gasteiger partial charge in [-0.25, -0.2) is 0 Å². The molecule has 0 fully saturated rings. The number of benzene rings is 1. The van der Waals surface area contributed by atoms with Gasteiger partial charge in [0, 0.05) is 30.9 Å². The third kappa shape index (κ3) is 4.30. The molecule has 0 aliphatic rings. The van der Waals surface area contributed by atoms with Crippen LogP contribution in [0, 0.1) is 0 Å². The first-order valence-corrected chi connectivity index (χ1v) is 7.09. The molecule has 6 heteroatoms. The number of nitrogens with zero attached hydrogens (tertiary/aromatic N) is 2. The highest BCUT2D eigenvalue weighted by atomic mass is 35.5. The molecular formula is C16H17ClN3O2+. The molecular weight excluding hydrogens is 302 g/mol. The van der Waals surface area contributed by atoms with Crippen molar-refractivity contribution in [1.82, 2.24) is 4.90 Å². The predicted octanol–water partition coefficient (Wildman–Crippen LogP) is 1.97. The maximum absolute atomic E-state index is 12.0. The second kappa shape index (κ2) is 7.04. The largest absolute Gasteiger partial charge is 0.345 e. The summed E-state index contributed by atoms with van der Waals surface area (Å²) < 4.78 is 1.67. The molecule has 5 nitrogen and oxygen atoms in total. The van der Waals surface area contributed by atoms with Crippen molar-refractivity contribution in [3.05, 3.63) is 59.4 Å². The first kappa shape index (κ1) is 16.0. The van der Waals surface area contributed by atoms with Gasteiger partial charge in [-0.2, -0.15) is 4.57 Å². The van der Waals surface area contributed by atoms with Gasteiger partial charge in [-0.1, -0.05) is 11.6 Å². The van der Waals surface area contributed by atoms with E-state index in [1.807, 2.05) is 0 Å². The molecule has 22 heavy (non-hydrogen) atoms. The van der Waals surface area contributed by atoms with E-state index in [0.29, 0.717) is 16.3 Å². The van der Waals surface area contributed by atoms with Gasteiger partial charge in [0.05, 0.1) is 0 Å². The molecule has 0 saturated heterocycles. The van der Waals surface area contributed by atoms with Crippen LogP contribution in [0.3, 0.4) is 0 Å². The van der Waals surface area contributed by atoms with Crippen LogP contribution >= 0.6 is 11.6 Å². The molecule has 0 aliphatic carbocycles. The summed E-state index contributed by atoms with van der Waals surface area (Å²) in [7, 11) is 3.37. The molecule has 114 valence electrons. The summed E-state index contributed by atoms with van der Waals surface area (Å²) in [5.74, 6) is -0.283. The molecule has 0 unspecified atom stereocenters. The van der Waals surface area contributed by atoms with Crippen LogP contribution in [0.2, 0.25) is 5.02 Å². The molecule has 0 spiro atoms. The van der Waals surface area contributed by atoms with Crippen molar-refractivity contribution in [1.29, 1.82) is 0 Å². The zero-order chi connectivity index (χ0) is 16.1. The van der Waals surface area contributed by atoms with Crippen molar-refractivity contribution >= 4 is 29.1 Å². The number of amides is 2. The molecule has 0 radical (unpaired) electrons. The van der Waals surface area contributed by atoms with Gasteiger partial charge in [-0.3, -0.25) is 9.59 Å². The molecule has 1 heterocycles. The van der Waals surface area contributed by atoms with Gasteiger partial charge < -0.3 is 10.2 Å². The van der Waals surface area contributed by atoms with Crippen LogP contribution in [0.5, 0.6) is 0 Å². The average molecular weight is 319 g/mol. The smallest absolute Gasteiger partial charge is 0.290 e. The van der Waals surface area contributed by atoms with Crippen LogP contribution in [0.1, 0.15) is 10.4 Å². The fraction of sp³-hybridized carbons (Fsp3) is 0.188. The van der Waals surface area contributed by atoms with Crippen LogP contribution in [-0.2, 0) is 11.3 Å². The van der Waals surface area contributed by atoms with E-state index >= 15 is 0 Å². The number of hydrogen-bond acceptors (Lipinski definition) is 2. The van der Waals surface area contributed by atoms with Gasteiger partial charge in [-0.05, 0) is 30.3 Å². The molecule has 0 atom stereocenters. The summed E-state index contributed by atoms with van der Waals surface area (Å²) in [4.78, 5) is 25.4. The standard InChI is InChI=1S/C16H16ClN3O2/c1-19(2)16(22)12-4-3-9-20(10-12)11-15(21)18-14-7-5-13(17)6-8-14/h3-10H,11H2,1-2H3/p+1. The van der Waals surface area contributed by atoms with E-state index in [-0.39, 0.29) is 18.4 Å². The van der Waals surface area contributed by atoms with E-state index in [9.17, 15) is 9.59 Å². The van der Waals surface area contributed by atoms with Gasteiger partial charge in [-0.15, -0.1) is 0 Å².